The molecule has 3 atom stereocenters. The highest BCUT2D eigenvalue weighted by atomic mass is 15.2. The van der Waals surface area contributed by atoms with Crippen LogP contribution in [0.4, 0.5) is 0 Å². The molecule has 3 unspecified atom stereocenters. The first-order valence-corrected chi connectivity index (χ1v) is 8.77. The van der Waals surface area contributed by atoms with E-state index in [1.54, 1.807) is 0 Å². The van der Waals surface area contributed by atoms with Gasteiger partial charge in [0.25, 0.3) is 0 Å². The first kappa shape index (κ1) is 17.9. The fraction of sp³-hybridized carbons (Fsp3) is 1.00. The van der Waals surface area contributed by atoms with Gasteiger partial charge in [0.15, 0.2) is 0 Å². The third kappa shape index (κ3) is 5.34. The molecule has 1 aliphatic rings. The van der Waals surface area contributed by atoms with Crippen LogP contribution in [0.2, 0.25) is 0 Å². The summed E-state index contributed by atoms with van der Waals surface area (Å²) in [4.78, 5) is 5.17. The summed E-state index contributed by atoms with van der Waals surface area (Å²) in [6, 6.07) is 2.13. The predicted molar refractivity (Wildman–Crippen MR) is 89.4 cm³/mol. The van der Waals surface area contributed by atoms with Crippen molar-refractivity contribution in [2.45, 2.75) is 77.4 Å². The Bertz CT molecular complexity index is 242. The molecule has 3 heteroatoms. The fourth-order valence-corrected chi connectivity index (χ4v) is 3.57. The summed E-state index contributed by atoms with van der Waals surface area (Å²) < 4.78 is 0. The Morgan fingerprint density at radius 3 is 2.50 bits per heavy atom. The minimum Gasteiger partial charge on any atom is -0.312 e. The zero-order valence-electron chi connectivity index (χ0n) is 14.5. The molecule has 0 aromatic carbocycles. The normalized spacial score (nSPS) is 24.0. The molecule has 20 heavy (non-hydrogen) atoms. The molecular weight excluding hydrogens is 246 g/mol. The fourth-order valence-electron chi connectivity index (χ4n) is 3.57. The van der Waals surface area contributed by atoms with Gasteiger partial charge in [-0.05, 0) is 59.3 Å². The van der Waals surface area contributed by atoms with Gasteiger partial charge in [0, 0.05) is 24.7 Å². The molecule has 1 saturated heterocycles. The Balaban J connectivity index is 2.65. The number of nitrogens with one attached hydrogen (secondary N) is 1. The standard InChI is InChI=1S/C17H37N3/c1-6-10-16(18-12-7-2)17(8-3)20-13-9-11-15(14-20)19(4)5/h15-18H,6-14H2,1-5H3. The minimum atomic E-state index is 0.672. The Kier molecular flexibility index (Phi) is 8.74. The number of hydrogen-bond donors (Lipinski definition) is 1. The molecule has 1 heterocycles. The van der Waals surface area contributed by atoms with Crippen molar-refractivity contribution in [2.75, 3.05) is 33.7 Å². The van der Waals surface area contributed by atoms with Crippen molar-refractivity contribution in [3.05, 3.63) is 0 Å². The molecule has 1 N–H and O–H groups in total. The molecule has 0 amide bonds. The van der Waals surface area contributed by atoms with Gasteiger partial charge in [-0.15, -0.1) is 0 Å². The predicted octanol–water partition coefficient (Wildman–Crippen LogP) is 2.96. The van der Waals surface area contributed by atoms with Crippen molar-refractivity contribution in [3.8, 4) is 0 Å². The lowest BCUT2D eigenvalue weighted by molar-refractivity contribution is 0.0735. The van der Waals surface area contributed by atoms with E-state index < -0.39 is 0 Å². The topological polar surface area (TPSA) is 18.5 Å². The highest BCUT2D eigenvalue weighted by Crippen LogP contribution is 2.21. The molecular formula is C17H37N3. The second kappa shape index (κ2) is 9.75. The number of piperidine rings is 1. The van der Waals surface area contributed by atoms with Gasteiger partial charge in [0.05, 0.1) is 0 Å². The van der Waals surface area contributed by atoms with Crippen LogP contribution in [0.1, 0.15) is 59.3 Å². The Morgan fingerprint density at radius 2 is 1.95 bits per heavy atom. The van der Waals surface area contributed by atoms with E-state index in [1.165, 1.54) is 51.6 Å². The molecule has 0 saturated carbocycles. The SMILES string of the molecule is CCCNC(CCC)C(CC)N1CCCC(N(C)C)C1. The van der Waals surface area contributed by atoms with Crippen LogP contribution in [0.15, 0.2) is 0 Å². The van der Waals surface area contributed by atoms with Crippen LogP contribution in [0.5, 0.6) is 0 Å². The van der Waals surface area contributed by atoms with Crippen molar-refractivity contribution in [3.63, 3.8) is 0 Å². The molecule has 120 valence electrons. The van der Waals surface area contributed by atoms with E-state index in [0.717, 1.165) is 12.6 Å². The summed E-state index contributed by atoms with van der Waals surface area (Å²) in [6.45, 7) is 10.6. The van der Waals surface area contributed by atoms with Crippen LogP contribution in [-0.4, -0.2) is 61.7 Å². The molecule has 3 nitrogen and oxygen atoms in total. The second-order valence-corrected chi connectivity index (χ2v) is 6.58. The van der Waals surface area contributed by atoms with Gasteiger partial charge in [-0.3, -0.25) is 4.90 Å². The molecule has 0 aliphatic carbocycles. The van der Waals surface area contributed by atoms with E-state index >= 15 is 0 Å². The van der Waals surface area contributed by atoms with Gasteiger partial charge in [-0.1, -0.05) is 27.2 Å². The van der Waals surface area contributed by atoms with Gasteiger partial charge in [-0.25, -0.2) is 0 Å². The van der Waals surface area contributed by atoms with Crippen molar-refractivity contribution < 1.29 is 0 Å². The zero-order valence-corrected chi connectivity index (χ0v) is 14.5. The minimum absolute atomic E-state index is 0.672. The van der Waals surface area contributed by atoms with Gasteiger partial charge >= 0.3 is 0 Å². The van der Waals surface area contributed by atoms with Crippen molar-refractivity contribution in [1.29, 1.82) is 0 Å². The molecule has 0 aromatic heterocycles. The van der Waals surface area contributed by atoms with Crippen LogP contribution >= 0.6 is 0 Å². The first-order chi connectivity index (χ1) is 9.63. The average molecular weight is 284 g/mol. The molecule has 0 radical (unpaired) electrons. The Hall–Kier alpha value is -0.120. The zero-order chi connectivity index (χ0) is 15.0. The number of nitrogens with zero attached hydrogens (tertiary/aromatic N) is 2. The maximum Gasteiger partial charge on any atom is 0.0247 e. The van der Waals surface area contributed by atoms with E-state index in [-0.39, 0.29) is 0 Å². The third-order valence-electron chi connectivity index (χ3n) is 4.77. The number of rotatable bonds is 9. The van der Waals surface area contributed by atoms with Crippen LogP contribution in [0.25, 0.3) is 0 Å². The summed E-state index contributed by atoms with van der Waals surface area (Å²) in [5.74, 6) is 0. The Morgan fingerprint density at radius 1 is 1.20 bits per heavy atom. The monoisotopic (exact) mass is 283 g/mol. The summed E-state index contributed by atoms with van der Waals surface area (Å²) in [5, 5.41) is 3.81. The maximum atomic E-state index is 3.81. The van der Waals surface area contributed by atoms with Crippen molar-refractivity contribution >= 4 is 0 Å². The maximum absolute atomic E-state index is 3.81. The number of likely N-dealkylation sites (tertiary alicyclic amines) is 1. The van der Waals surface area contributed by atoms with E-state index in [1.807, 2.05) is 0 Å². The quantitative estimate of drug-likeness (QED) is 0.702. The van der Waals surface area contributed by atoms with Gasteiger partial charge < -0.3 is 10.2 Å². The van der Waals surface area contributed by atoms with Crippen molar-refractivity contribution in [2.24, 2.45) is 0 Å². The molecule has 0 bridgehead atoms. The second-order valence-electron chi connectivity index (χ2n) is 6.58. The van der Waals surface area contributed by atoms with Crippen LogP contribution < -0.4 is 5.32 Å². The number of likely N-dealkylation sites (N-methyl/N-ethyl adjacent to an activating group) is 1. The Labute approximate surface area is 127 Å². The first-order valence-electron chi connectivity index (χ1n) is 8.77. The smallest absolute Gasteiger partial charge is 0.0247 e. The highest BCUT2D eigenvalue weighted by molar-refractivity contribution is 4.88. The van der Waals surface area contributed by atoms with Gasteiger partial charge in [-0.2, -0.15) is 0 Å². The average Bonchev–Trinajstić information content (AvgIpc) is 2.45. The van der Waals surface area contributed by atoms with Gasteiger partial charge in [0.1, 0.15) is 0 Å². The van der Waals surface area contributed by atoms with E-state index in [9.17, 15) is 0 Å². The molecule has 0 spiro atoms. The lowest BCUT2D eigenvalue weighted by Crippen LogP contribution is -2.55. The largest absolute Gasteiger partial charge is 0.312 e. The molecule has 0 aromatic rings. The lowest BCUT2D eigenvalue weighted by Gasteiger charge is -2.43. The van der Waals surface area contributed by atoms with Crippen LogP contribution in [-0.2, 0) is 0 Å². The van der Waals surface area contributed by atoms with Crippen LogP contribution in [0, 0.1) is 0 Å². The number of hydrogen-bond acceptors (Lipinski definition) is 3. The molecule has 1 aliphatic heterocycles. The molecule has 1 fully saturated rings. The molecule has 1 rings (SSSR count). The summed E-state index contributed by atoms with van der Waals surface area (Å²) in [6.07, 6.45) is 7.80. The van der Waals surface area contributed by atoms with E-state index in [4.69, 9.17) is 0 Å². The van der Waals surface area contributed by atoms with Gasteiger partial charge in [0.2, 0.25) is 0 Å². The van der Waals surface area contributed by atoms with E-state index in [2.05, 4.69) is 50.0 Å². The lowest BCUT2D eigenvalue weighted by atomic mass is 9.95. The summed E-state index contributed by atoms with van der Waals surface area (Å²) >= 11 is 0. The summed E-state index contributed by atoms with van der Waals surface area (Å²) in [5.41, 5.74) is 0. The van der Waals surface area contributed by atoms with Crippen molar-refractivity contribution in [1.82, 2.24) is 15.1 Å². The van der Waals surface area contributed by atoms with E-state index in [0.29, 0.717) is 12.1 Å². The van der Waals surface area contributed by atoms with Crippen LogP contribution in [0.3, 0.4) is 0 Å². The third-order valence-corrected chi connectivity index (χ3v) is 4.77. The highest BCUT2D eigenvalue weighted by Gasteiger charge is 2.30. The summed E-state index contributed by atoms with van der Waals surface area (Å²) in [7, 11) is 4.46.